The summed E-state index contributed by atoms with van der Waals surface area (Å²) in [6.45, 7) is 12.2. The fourth-order valence-corrected chi connectivity index (χ4v) is 2.25. The fraction of sp³-hybridized carbons (Fsp3) is 0.600. The highest BCUT2D eigenvalue weighted by Crippen LogP contribution is 2.23. The Morgan fingerprint density at radius 3 is 2.18 bits per heavy atom. The van der Waals surface area contributed by atoms with Crippen LogP contribution in [0.2, 0.25) is 0 Å². The summed E-state index contributed by atoms with van der Waals surface area (Å²) in [4.78, 5) is 2.55. The molecule has 0 saturated heterocycles. The number of rotatable bonds is 3. The summed E-state index contributed by atoms with van der Waals surface area (Å²) in [5.74, 6) is 0. The quantitative estimate of drug-likeness (QED) is 0.862. The highest BCUT2D eigenvalue weighted by molar-refractivity contribution is 5.30. The second kappa shape index (κ2) is 4.79. The van der Waals surface area contributed by atoms with Gasteiger partial charge in [-0.3, -0.25) is 4.90 Å². The molecule has 17 heavy (non-hydrogen) atoms. The van der Waals surface area contributed by atoms with Gasteiger partial charge >= 0.3 is 0 Å². The van der Waals surface area contributed by atoms with Gasteiger partial charge in [0.2, 0.25) is 0 Å². The van der Waals surface area contributed by atoms with E-state index in [-0.39, 0.29) is 5.54 Å². The molecule has 2 heteroatoms. The van der Waals surface area contributed by atoms with Crippen molar-refractivity contribution in [3.8, 4) is 0 Å². The van der Waals surface area contributed by atoms with Gasteiger partial charge in [-0.15, -0.1) is 0 Å². The van der Waals surface area contributed by atoms with Crippen LogP contribution in [0.4, 0.5) is 0 Å². The molecule has 0 fully saturated rings. The third-order valence-corrected chi connectivity index (χ3v) is 3.42. The lowest BCUT2D eigenvalue weighted by Gasteiger charge is -2.28. The molecule has 0 radical (unpaired) electrons. The Labute approximate surface area is 105 Å². The SMILES string of the molecule is CC(CNC(C)(C)C)N1Cc2ccccc2C1. The molecule has 1 aromatic carbocycles. The molecule has 1 unspecified atom stereocenters. The monoisotopic (exact) mass is 232 g/mol. The number of hydrogen-bond donors (Lipinski definition) is 1. The van der Waals surface area contributed by atoms with E-state index in [1.54, 1.807) is 0 Å². The van der Waals surface area contributed by atoms with E-state index in [1.165, 1.54) is 11.1 Å². The van der Waals surface area contributed by atoms with Gasteiger partial charge in [0.05, 0.1) is 0 Å². The van der Waals surface area contributed by atoms with Crippen LogP contribution >= 0.6 is 0 Å². The van der Waals surface area contributed by atoms with Crippen molar-refractivity contribution >= 4 is 0 Å². The van der Waals surface area contributed by atoms with Gasteiger partial charge in [0.25, 0.3) is 0 Å². The minimum absolute atomic E-state index is 0.209. The number of nitrogens with zero attached hydrogens (tertiary/aromatic N) is 1. The van der Waals surface area contributed by atoms with E-state index < -0.39 is 0 Å². The fourth-order valence-electron chi connectivity index (χ4n) is 2.25. The Kier molecular flexibility index (Phi) is 3.55. The lowest BCUT2D eigenvalue weighted by molar-refractivity contribution is 0.197. The molecule has 1 atom stereocenters. The number of fused-ring (bicyclic) bond motifs is 1. The zero-order chi connectivity index (χ0) is 12.5. The number of hydrogen-bond acceptors (Lipinski definition) is 2. The summed E-state index contributed by atoms with van der Waals surface area (Å²) in [7, 11) is 0. The van der Waals surface area contributed by atoms with Crippen molar-refractivity contribution in [2.24, 2.45) is 0 Å². The molecule has 1 heterocycles. The third-order valence-electron chi connectivity index (χ3n) is 3.42. The van der Waals surface area contributed by atoms with Crippen molar-refractivity contribution in [2.45, 2.75) is 52.4 Å². The maximum Gasteiger partial charge on any atom is 0.0243 e. The van der Waals surface area contributed by atoms with Crippen molar-refractivity contribution in [2.75, 3.05) is 6.54 Å². The summed E-state index contributed by atoms with van der Waals surface area (Å²) in [5, 5.41) is 3.58. The summed E-state index contributed by atoms with van der Waals surface area (Å²) in [6, 6.07) is 9.36. The summed E-state index contributed by atoms with van der Waals surface area (Å²) < 4.78 is 0. The van der Waals surface area contributed by atoms with Crippen LogP contribution in [0, 0.1) is 0 Å². The minimum Gasteiger partial charge on any atom is -0.311 e. The predicted molar refractivity (Wildman–Crippen MR) is 72.9 cm³/mol. The molecule has 0 aromatic heterocycles. The van der Waals surface area contributed by atoms with Crippen LogP contribution in [0.3, 0.4) is 0 Å². The second-order valence-corrected chi connectivity index (χ2v) is 6.15. The van der Waals surface area contributed by atoms with Gasteiger partial charge < -0.3 is 5.32 Å². The van der Waals surface area contributed by atoms with E-state index in [0.29, 0.717) is 6.04 Å². The molecular weight excluding hydrogens is 208 g/mol. The first-order valence-corrected chi connectivity index (χ1v) is 6.51. The maximum absolute atomic E-state index is 3.58. The molecular formula is C15H24N2. The first-order valence-electron chi connectivity index (χ1n) is 6.51. The average Bonchev–Trinajstić information content (AvgIpc) is 2.68. The predicted octanol–water partition coefficient (Wildman–Crippen LogP) is 2.78. The van der Waals surface area contributed by atoms with Gasteiger partial charge in [0.1, 0.15) is 0 Å². The first kappa shape index (κ1) is 12.6. The Morgan fingerprint density at radius 2 is 1.71 bits per heavy atom. The van der Waals surface area contributed by atoms with Gasteiger partial charge in [-0.05, 0) is 38.8 Å². The van der Waals surface area contributed by atoms with Gasteiger partial charge in [-0.2, -0.15) is 0 Å². The molecule has 94 valence electrons. The Morgan fingerprint density at radius 1 is 1.18 bits per heavy atom. The molecule has 1 aliphatic rings. The molecule has 1 N–H and O–H groups in total. The minimum atomic E-state index is 0.209. The Bertz CT molecular complexity index is 354. The molecule has 0 bridgehead atoms. The van der Waals surface area contributed by atoms with Crippen molar-refractivity contribution in [3.63, 3.8) is 0 Å². The Hall–Kier alpha value is -0.860. The van der Waals surface area contributed by atoms with E-state index >= 15 is 0 Å². The van der Waals surface area contributed by atoms with Crippen LogP contribution in [-0.2, 0) is 13.1 Å². The summed E-state index contributed by atoms with van der Waals surface area (Å²) in [6.07, 6.45) is 0. The van der Waals surface area contributed by atoms with Crippen molar-refractivity contribution < 1.29 is 0 Å². The van der Waals surface area contributed by atoms with Gasteiger partial charge in [0.15, 0.2) is 0 Å². The second-order valence-electron chi connectivity index (χ2n) is 6.15. The van der Waals surface area contributed by atoms with Crippen LogP contribution in [0.15, 0.2) is 24.3 Å². The summed E-state index contributed by atoms with van der Waals surface area (Å²) >= 11 is 0. The van der Waals surface area contributed by atoms with Gasteiger partial charge in [0, 0.05) is 31.2 Å². The standard InChI is InChI=1S/C15H24N2/c1-12(9-16-15(2,3)4)17-10-13-7-5-6-8-14(13)11-17/h5-8,12,16H,9-11H2,1-4H3. The van der Waals surface area contributed by atoms with Crippen LogP contribution in [0.5, 0.6) is 0 Å². The van der Waals surface area contributed by atoms with Crippen molar-refractivity contribution in [1.29, 1.82) is 0 Å². The molecule has 2 nitrogen and oxygen atoms in total. The van der Waals surface area contributed by atoms with E-state index in [9.17, 15) is 0 Å². The highest BCUT2D eigenvalue weighted by atomic mass is 15.2. The van der Waals surface area contributed by atoms with E-state index in [0.717, 1.165) is 19.6 Å². The van der Waals surface area contributed by atoms with Crippen LogP contribution in [0.1, 0.15) is 38.8 Å². The lowest BCUT2D eigenvalue weighted by Crippen LogP contribution is -2.44. The number of benzene rings is 1. The molecule has 1 aromatic rings. The van der Waals surface area contributed by atoms with Gasteiger partial charge in [-0.25, -0.2) is 0 Å². The van der Waals surface area contributed by atoms with Crippen LogP contribution in [-0.4, -0.2) is 23.0 Å². The first-order chi connectivity index (χ1) is 7.96. The molecule has 2 rings (SSSR count). The molecule has 0 spiro atoms. The molecule has 1 aliphatic heterocycles. The van der Waals surface area contributed by atoms with Crippen LogP contribution in [0.25, 0.3) is 0 Å². The van der Waals surface area contributed by atoms with E-state index in [1.807, 2.05) is 0 Å². The van der Waals surface area contributed by atoms with Crippen LogP contribution < -0.4 is 5.32 Å². The highest BCUT2D eigenvalue weighted by Gasteiger charge is 2.23. The molecule has 0 aliphatic carbocycles. The zero-order valence-electron chi connectivity index (χ0n) is 11.5. The molecule has 0 saturated carbocycles. The smallest absolute Gasteiger partial charge is 0.0243 e. The Balaban J connectivity index is 1.90. The normalized spacial score (nSPS) is 18.1. The van der Waals surface area contributed by atoms with Gasteiger partial charge in [-0.1, -0.05) is 24.3 Å². The zero-order valence-corrected chi connectivity index (χ0v) is 11.5. The third kappa shape index (κ3) is 3.30. The summed E-state index contributed by atoms with van der Waals surface area (Å²) in [5.41, 5.74) is 3.20. The largest absolute Gasteiger partial charge is 0.311 e. The van der Waals surface area contributed by atoms with Crippen molar-refractivity contribution in [3.05, 3.63) is 35.4 Å². The van der Waals surface area contributed by atoms with E-state index in [4.69, 9.17) is 0 Å². The lowest BCUT2D eigenvalue weighted by atomic mass is 10.1. The topological polar surface area (TPSA) is 15.3 Å². The maximum atomic E-state index is 3.58. The molecule has 0 amide bonds. The number of nitrogens with one attached hydrogen (secondary N) is 1. The van der Waals surface area contributed by atoms with E-state index in [2.05, 4.69) is 62.2 Å². The van der Waals surface area contributed by atoms with Crippen molar-refractivity contribution in [1.82, 2.24) is 10.2 Å². The average molecular weight is 232 g/mol.